The fourth-order valence-corrected chi connectivity index (χ4v) is 3.99. The lowest BCUT2D eigenvalue weighted by molar-refractivity contribution is -0.124. The van der Waals surface area contributed by atoms with Gasteiger partial charge >= 0.3 is 0 Å². The molecule has 1 unspecified atom stereocenters. The largest absolute Gasteiger partial charge is 0.494 e. The van der Waals surface area contributed by atoms with Crippen LogP contribution in [0.2, 0.25) is 0 Å². The Morgan fingerprint density at radius 1 is 1.27 bits per heavy atom. The second kappa shape index (κ2) is 7.24. The van der Waals surface area contributed by atoms with Crippen LogP contribution < -0.4 is 4.74 Å². The predicted molar refractivity (Wildman–Crippen MR) is 82.8 cm³/mol. The molecule has 0 amide bonds. The van der Waals surface area contributed by atoms with Crippen molar-refractivity contribution in [3.63, 3.8) is 0 Å². The number of carbonyl (C=O) groups is 1. The number of carbonyl (C=O) groups excluding carboxylic acids is 1. The summed E-state index contributed by atoms with van der Waals surface area (Å²) in [5, 5.41) is -1.03. The third-order valence-electron chi connectivity index (χ3n) is 3.95. The van der Waals surface area contributed by atoms with Crippen LogP contribution in [-0.2, 0) is 19.4 Å². The van der Waals surface area contributed by atoms with Crippen molar-refractivity contribution in [3.8, 4) is 5.75 Å². The van der Waals surface area contributed by atoms with Gasteiger partial charge in [-0.25, -0.2) is 8.42 Å². The molecule has 0 aromatic heterocycles. The molecular weight excluding hydrogens is 304 g/mol. The van der Waals surface area contributed by atoms with Gasteiger partial charge in [-0.05, 0) is 51.0 Å². The molecule has 5 nitrogen and oxygen atoms in total. The number of hydrogen-bond donors (Lipinski definition) is 0. The number of rotatable bonds is 6. The van der Waals surface area contributed by atoms with E-state index in [1.807, 2.05) is 6.92 Å². The molecule has 1 aliphatic heterocycles. The first-order chi connectivity index (χ1) is 10.5. The molecule has 0 saturated carbocycles. The molecule has 0 radical (unpaired) electrons. The van der Waals surface area contributed by atoms with Gasteiger partial charge in [-0.2, -0.15) is 0 Å². The number of ether oxygens (including phenoxy) is 2. The van der Waals surface area contributed by atoms with Crippen molar-refractivity contribution in [2.24, 2.45) is 5.92 Å². The zero-order valence-electron chi connectivity index (χ0n) is 12.9. The van der Waals surface area contributed by atoms with Crippen molar-refractivity contribution in [2.45, 2.75) is 36.8 Å². The van der Waals surface area contributed by atoms with E-state index in [0.717, 1.165) is 0 Å². The van der Waals surface area contributed by atoms with Crippen LogP contribution in [-0.4, -0.2) is 39.3 Å². The zero-order valence-corrected chi connectivity index (χ0v) is 13.8. The van der Waals surface area contributed by atoms with Crippen molar-refractivity contribution in [2.75, 3.05) is 19.8 Å². The molecule has 0 spiro atoms. The Labute approximate surface area is 131 Å². The molecule has 0 aliphatic carbocycles. The van der Waals surface area contributed by atoms with Crippen molar-refractivity contribution in [1.29, 1.82) is 0 Å². The Balaban J connectivity index is 2.15. The first-order valence-electron chi connectivity index (χ1n) is 7.55. The van der Waals surface area contributed by atoms with Crippen LogP contribution in [0.15, 0.2) is 29.2 Å². The molecular formula is C16H22O5S. The van der Waals surface area contributed by atoms with Gasteiger partial charge in [-0.15, -0.1) is 0 Å². The van der Waals surface area contributed by atoms with Gasteiger partial charge in [0.25, 0.3) is 0 Å². The number of ketones is 1. The summed E-state index contributed by atoms with van der Waals surface area (Å²) in [5.41, 5.74) is 0. The predicted octanol–water partition coefficient (Wildman–Crippen LogP) is 2.24. The van der Waals surface area contributed by atoms with Crippen LogP contribution in [0, 0.1) is 5.92 Å². The zero-order chi connectivity index (χ0) is 16.2. The second-order valence-corrected chi connectivity index (χ2v) is 7.65. The van der Waals surface area contributed by atoms with Crippen LogP contribution in [0.25, 0.3) is 0 Å². The Kier molecular flexibility index (Phi) is 5.58. The summed E-state index contributed by atoms with van der Waals surface area (Å²) in [6.07, 6.45) is 1.20. The molecule has 1 atom stereocenters. The fourth-order valence-electron chi connectivity index (χ4n) is 2.56. The quantitative estimate of drug-likeness (QED) is 0.802. The van der Waals surface area contributed by atoms with Crippen LogP contribution in [0.4, 0.5) is 0 Å². The van der Waals surface area contributed by atoms with Crippen molar-refractivity contribution in [1.82, 2.24) is 0 Å². The van der Waals surface area contributed by atoms with Crippen LogP contribution in [0.3, 0.4) is 0 Å². The minimum atomic E-state index is -3.67. The molecule has 22 heavy (non-hydrogen) atoms. The first kappa shape index (κ1) is 17.0. The summed E-state index contributed by atoms with van der Waals surface area (Å²) in [7, 11) is -3.67. The summed E-state index contributed by atoms with van der Waals surface area (Å²) in [6, 6.07) is 6.21. The molecule has 1 fully saturated rings. The Bertz CT molecular complexity index is 600. The van der Waals surface area contributed by atoms with E-state index in [4.69, 9.17) is 9.47 Å². The Hall–Kier alpha value is -1.40. The van der Waals surface area contributed by atoms with Crippen LogP contribution in [0.1, 0.15) is 26.7 Å². The molecule has 6 heteroatoms. The monoisotopic (exact) mass is 326 g/mol. The highest BCUT2D eigenvalue weighted by molar-refractivity contribution is 7.92. The molecule has 1 saturated heterocycles. The van der Waals surface area contributed by atoms with Gasteiger partial charge in [0.05, 0.1) is 11.5 Å². The number of benzene rings is 1. The third-order valence-corrected chi connectivity index (χ3v) is 6.05. The van der Waals surface area contributed by atoms with Crippen molar-refractivity contribution < 1.29 is 22.7 Å². The van der Waals surface area contributed by atoms with E-state index in [1.165, 1.54) is 19.1 Å². The third kappa shape index (κ3) is 3.67. The van der Waals surface area contributed by atoms with Crippen LogP contribution in [0.5, 0.6) is 5.75 Å². The van der Waals surface area contributed by atoms with E-state index in [9.17, 15) is 13.2 Å². The maximum absolute atomic E-state index is 12.6. The number of Topliss-reactive ketones (excluding diaryl/α,β-unsaturated/α-hetero) is 1. The molecule has 0 bridgehead atoms. The highest BCUT2D eigenvalue weighted by Gasteiger charge is 2.34. The summed E-state index contributed by atoms with van der Waals surface area (Å²) in [5.74, 6) is 0.184. The summed E-state index contributed by atoms with van der Waals surface area (Å²) >= 11 is 0. The average molecular weight is 326 g/mol. The van der Waals surface area contributed by atoms with Gasteiger partial charge < -0.3 is 9.47 Å². The molecule has 1 aromatic carbocycles. The van der Waals surface area contributed by atoms with Crippen molar-refractivity contribution in [3.05, 3.63) is 24.3 Å². The van der Waals surface area contributed by atoms with Gasteiger partial charge in [0, 0.05) is 19.1 Å². The number of hydrogen-bond acceptors (Lipinski definition) is 5. The fraction of sp³-hybridized carbons (Fsp3) is 0.562. The van der Waals surface area contributed by atoms with E-state index in [2.05, 4.69) is 0 Å². The summed E-state index contributed by atoms with van der Waals surface area (Å²) < 4.78 is 35.7. The lowest BCUT2D eigenvalue weighted by atomic mass is 9.94. The molecule has 1 heterocycles. The SMILES string of the molecule is CCOc1ccc(S(=O)(=O)C(C)C(=O)C2CCOCC2)cc1. The normalized spacial score (nSPS) is 17.9. The topological polar surface area (TPSA) is 69.7 Å². The maximum atomic E-state index is 12.6. The smallest absolute Gasteiger partial charge is 0.188 e. The first-order valence-corrected chi connectivity index (χ1v) is 9.09. The van der Waals surface area contributed by atoms with E-state index in [0.29, 0.717) is 38.4 Å². The molecule has 2 rings (SSSR count). The lowest BCUT2D eigenvalue weighted by Crippen LogP contribution is -2.35. The molecule has 1 aromatic rings. The van der Waals surface area contributed by atoms with E-state index in [-0.39, 0.29) is 16.6 Å². The minimum Gasteiger partial charge on any atom is -0.494 e. The maximum Gasteiger partial charge on any atom is 0.188 e. The lowest BCUT2D eigenvalue weighted by Gasteiger charge is -2.23. The van der Waals surface area contributed by atoms with Gasteiger partial charge in [0.15, 0.2) is 15.6 Å². The minimum absolute atomic E-state index is 0.156. The highest BCUT2D eigenvalue weighted by atomic mass is 32.2. The van der Waals surface area contributed by atoms with E-state index in [1.54, 1.807) is 12.1 Å². The summed E-state index contributed by atoms with van der Waals surface area (Å²) in [6.45, 7) is 4.89. The standard InChI is InChI=1S/C16H22O5S/c1-3-21-14-4-6-15(7-5-14)22(18,19)12(2)16(17)13-8-10-20-11-9-13/h4-7,12-13H,3,8-11H2,1-2H3. The van der Waals surface area contributed by atoms with E-state index >= 15 is 0 Å². The highest BCUT2D eigenvalue weighted by Crippen LogP contribution is 2.25. The van der Waals surface area contributed by atoms with Gasteiger partial charge in [-0.3, -0.25) is 4.79 Å². The Morgan fingerprint density at radius 2 is 1.86 bits per heavy atom. The number of sulfone groups is 1. The van der Waals surface area contributed by atoms with Crippen molar-refractivity contribution >= 4 is 15.6 Å². The van der Waals surface area contributed by atoms with Crippen LogP contribution >= 0.6 is 0 Å². The van der Waals surface area contributed by atoms with E-state index < -0.39 is 15.1 Å². The second-order valence-electron chi connectivity index (χ2n) is 5.38. The van der Waals surface area contributed by atoms with Gasteiger partial charge in [0.2, 0.25) is 0 Å². The van der Waals surface area contributed by atoms with Gasteiger partial charge in [0.1, 0.15) is 11.0 Å². The molecule has 122 valence electrons. The average Bonchev–Trinajstić information content (AvgIpc) is 2.55. The Morgan fingerprint density at radius 3 is 2.41 bits per heavy atom. The molecule has 0 N–H and O–H groups in total. The van der Waals surface area contributed by atoms with Gasteiger partial charge in [-0.1, -0.05) is 0 Å². The molecule has 1 aliphatic rings. The summed E-state index contributed by atoms with van der Waals surface area (Å²) in [4.78, 5) is 12.6.